The SMILES string of the molecule is CC(/C=C/C=C(C)/C=C/c1ccc(C)c(C)c1C)=C\C=C\C=C(C)\C=C\C=C(C)\C=C\c1ccc(C(=O)O)c(C)c1C. The van der Waals surface area contributed by atoms with Gasteiger partial charge in [0, 0.05) is 0 Å². The maximum Gasteiger partial charge on any atom is 0.335 e. The van der Waals surface area contributed by atoms with E-state index in [9.17, 15) is 9.90 Å². The second-order valence-corrected chi connectivity index (χ2v) is 10.9. The summed E-state index contributed by atoms with van der Waals surface area (Å²) < 4.78 is 0. The molecule has 0 atom stereocenters. The van der Waals surface area contributed by atoms with E-state index in [1.54, 1.807) is 6.07 Å². The van der Waals surface area contributed by atoms with Crippen LogP contribution < -0.4 is 0 Å². The molecule has 0 spiro atoms. The molecule has 2 aromatic rings. The Balaban J connectivity index is 1.91. The first-order chi connectivity index (χ1) is 19.9. The van der Waals surface area contributed by atoms with Gasteiger partial charge in [-0.25, -0.2) is 4.79 Å². The van der Waals surface area contributed by atoms with E-state index >= 15 is 0 Å². The zero-order chi connectivity index (χ0) is 31.2. The maximum absolute atomic E-state index is 11.3. The van der Waals surface area contributed by atoms with Crippen molar-refractivity contribution in [3.8, 4) is 0 Å². The van der Waals surface area contributed by atoms with Gasteiger partial charge in [0.15, 0.2) is 0 Å². The van der Waals surface area contributed by atoms with Crippen molar-refractivity contribution in [2.24, 2.45) is 0 Å². The number of carboxylic acids is 1. The number of rotatable bonds is 11. The van der Waals surface area contributed by atoms with Gasteiger partial charge in [-0.15, -0.1) is 0 Å². The fraction of sp³-hybridized carbons (Fsp3) is 0.225. The molecule has 2 nitrogen and oxygen atoms in total. The molecular formula is C40H46O2. The molecule has 218 valence electrons. The van der Waals surface area contributed by atoms with Crippen molar-refractivity contribution in [1.29, 1.82) is 0 Å². The van der Waals surface area contributed by atoms with Gasteiger partial charge < -0.3 is 5.11 Å². The summed E-state index contributed by atoms with van der Waals surface area (Å²) in [5, 5.41) is 9.29. The number of carboxylic acid groups (broad SMARTS) is 1. The third-order valence-corrected chi connectivity index (χ3v) is 7.48. The number of carbonyl (C=O) groups is 1. The Hall–Kier alpha value is -4.43. The van der Waals surface area contributed by atoms with Crippen LogP contribution in [0.5, 0.6) is 0 Å². The minimum Gasteiger partial charge on any atom is -0.478 e. The summed E-state index contributed by atoms with van der Waals surface area (Å²) in [7, 11) is 0. The number of allylic oxidation sites excluding steroid dienone is 16. The van der Waals surface area contributed by atoms with Gasteiger partial charge in [0.25, 0.3) is 0 Å². The third-order valence-electron chi connectivity index (χ3n) is 7.48. The summed E-state index contributed by atoms with van der Waals surface area (Å²) in [4.78, 5) is 11.3. The molecule has 0 unspecified atom stereocenters. The molecule has 0 bridgehead atoms. The minimum atomic E-state index is -0.889. The Morgan fingerprint density at radius 1 is 0.524 bits per heavy atom. The molecule has 0 amide bonds. The van der Waals surface area contributed by atoms with Crippen molar-refractivity contribution in [3.05, 3.63) is 164 Å². The number of hydrogen-bond acceptors (Lipinski definition) is 1. The van der Waals surface area contributed by atoms with Crippen molar-refractivity contribution in [2.75, 3.05) is 0 Å². The van der Waals surface area contributed by atoms with E-state index in [0.717, 1.165) is 27.8 Å². The summed E-state index contributed by atoms with van der Waals surface area (Å²) in [5.41, 5.74) is 13.1. The zero-order valence-corrected chi connectivity index (χ0v) is 26.7. The van der Waals surface area contributed by atoms with E-state index in [1.165, 1.54) is 33.4 Å². The molecule has 2 rings (SSSR count). The number of hydrogen-bond donors (Lipinski definition) is 1. The van der Waals surface area contributed by atoms with E-state index < -0.39 is 5.97 Å². The molecule has 1 N–H and O–H groups in total. The van der Waals surface area contributed by atoms with Crippen LogP contribution >= 0.6 is 0 Å². The van der Waals surface area contributed by atoms with Gasteiger partial charge in [0.05, 0.1) is 5.56 Å². The van der Waals surface area contributed by atoms with Crippen LogP contribution in [0.15, 0.2) is 119 Å². The molecule has 0 aromatic heterocycles. The molecule has 0 saturated heterocycles. The molecule has 2 aromatic carbocycles. The van der Waals surface area contributed by atoms with Gasteiger partial charge in [0.1, 0.15) is 0 Å². The summed E-state index contributed by atoms with van der Waals surface area (Å²) in [6, 6.07) is 7.90. The van der Waals surface area contributed by atoms with Crippen LogP contribution in [0, 0.1) is 34.6 Å². The quantitative estimate of drug-likeness (QED) is 0.279. The van der Waals surface area contributed by atoms with Crippen LogP contribution in [0.1, 0.15) is 77.0 Å². The molecule has 0 fully saturated rings. The number of aryl methyl sites for hydroxylation is 1. The topological polar surface area (TPSA) is 37.3 Å². The van der Waals surface area contributed by atoms with E-state index in [4.69, 9.17) is 0 Å². The highest BCUT2D eigenvalue weighted by molar-refractivity contribution is 5.90. The lowest BCUT2D eigenvalue weighted by Crippen LogP contribution is -2.02. The predicted octanol–water partition coefficient (Wildman–Crippen LogP) is 11.1. The molecule has 0 radical (unpaired) electrons. The van der Waals surface area contributed by atoms with Gasteiger partial charge in [0.2, 0.25) is 0 Å². The van der Waals surface area contributed by atoms with Gasteiger partial charge in [-0.3, -0.25) is 0 Å². The summed E-state index contributed by atoms with van der Waals surface area (Å²) >= 11 is 0. The molecule has 42 heavy (non-hydrogen) atoms. The van der Waals surface area contributed by atoms with E-state index in [-0.39, 0.29) is 0 Å². The molecular weight excluding hydrogens is 512 g/mol. The molecule has 0 heterocycles. The lowest BCUT2D eigenvalue weighted by Gasteiger charge is -2.08. The molecule has 2 heteroatoms. The predicted molar refractivity (Wildman–Crippen MR) is 184 cm³/mol. The van der Waals surface area contributed by atoms with Crippen molar-refractivity contribution in [3.63, 3.8) is 0 Å². The van der Waals surface area contributed by atoms with Crippen LogP contribution in [0.3, 0.4) is 0 Å². The van der Waals surface area contributed by atoms with Crippen molar-refractivity contribution in [2.45, 2.75) is 62.3 Å². The first-order valence-corrected chi connectivity index (χ1v) is 14.4. The van der Waals surface area contributed by atoms with Gasteiger partial charge in [-0.2, -0.15) is 0 Å². The van der Waals surface area contributed by atoms with Crippen LogP contribution in [-0.2, 0) is 0 Å². The Kier molecular flexibility index (Phi) is 13.5. The third kappa shape index (κ3) is 10.9. The largest absolute Gasteiger partial charge is 0.478 e. The molecule has 0 saturated carbocycles. The van der Waals surface area contributed by atoms with Gasteiger partial charge in [-0.1, -0.05) is 126 Å². The summed E-state index contributed by atoms with van der Waals surface area (Å²) in [6.07, 6.45) is 29.2. The Bertz CT molecular complexity index is 1560. The van der Waals surface area contributed by atoms with E-state index in [1.807, 2.05) is 45.1 Å². The fourth-order valence-electron chi connectivity index (χ4n) is 4.19. The first-order valence-electron chi connectivity index (χ1n) is 14.4. The number of aromatic carboxylic acids is 1. The minimum absolute atomic E-state index is 0.355. The Labute approximate surface area is 253 Å². The molecule has 0 aliphatic carbocycles. The Morgan fingerprint density at radius 2 is 0.929 bits per heavy atom. The molecule has 0 aliphatic rings. The van der Waals surface area contributed by atoms with Gasteiger partial charge >= 0.3 is 5.97 Å². The fourth-order valence-corrected chi connectivity index (χ4v) is 4.19. The first kappa shape index (κ1) is 33.8. The van der Waals surface area contributed by atoms with Crippen molar-refractivity contribution in [1.82, 2.24) is 0 Å². The second-order valence-electron chi connectivity index (χ2n) is 10.9. The lowest BCUT2D eigenvalue weighted by atomic mass is 9.97. The van der Waals surface area contributed by atoms with E-state index in [2.05, 4.69) is 121 Å². The van der Waals surface area contributed by atoms with Crippen molar-refractivity contribution < 1.29 is 9.90 Å². The van der Waals surface area contributed by atoms with Crippen molar-refractivity contribution >= 4 is 18.1 Å². The molecule has 0 aliphatic heterocycles. The highest BCUT2D eigenvalue weighted by Crippen LogP contribution is 2.20. The average Bonchev–Trinajstić information content (AvgIpc) is 2.94. The monoisotopic (exact) mass is 558 g/mol. The number of benzene rings is 2. The maximum atomic E-state index is 11.3. The summed E-state index contributed by atoms with van der Waals surface area (Å²) in [6.45, 7) is 18.7. The highest BCUT2D eigenvalue weighted by atomic mass is 16.4. The van der Waals surface area contributed by atoms with E-state index in [0.29, 0.717) is 5.56 Å². The zero-order valence-electron chi connectivity index (χ0n) is 26.7. The highest BCUT2D eigenvalue weighted by Gasteiger charge is 2.10. The van der Waals surface area contributed by atoms with Crippen LogP contribution in [0.2, 0.25) is 0 Å². The normalized spacial score (nSPS) is 14.1. The van der Waals surface area contributed by atoms with Crippen LogP contribution in [-0.4, -0.2) is 11.1 Å². The Morgan fingerprint density at radius 3 is 1.40 bits per heavy atom. The van der Waals surface area contributed by atoms with Crippen LogP contribution in [0.25, 0.3) is 12.2 Å². The second kappa shape index (κ2) is 16.7. The lowest BCUT2D eigenvalue weighted by molar-refractivity contribution is 0.0696. The summed E-state index contributed by atoms with van der Waals surface area (Å²) in [5.74, 6) is -0.889. The average molecular weight is 559 g/mol. The standard InChI is InChI=1S/C40H46O2/c1-28(16-12-18-30(3)20-23-37-25-22-32(5)33(6)34(37)7)14-10-11-15-29(2)17-13-19-31(4)21-24-38-26-27-39(40(41)42)36(9)35(38)8/h10-27H,1-9H3,(H,41,42)/b11-10+,16-12+,17-13+,23-20+,24-21+,28-14+,29-15+,30-18+,31-19+. The van der Waals surface area contributed by atoms with Crippen LogP contribution in [0.4, 0.5) is 0 Å². The van der Waals surface area contributed by atoms with Gasteiger partial charge in [-0.05, 0) is 107 Å². The smallest absolute Gasteiger partial charge is 0.335 e.